The second-order valence-corrected chi connectivity index (χ2v) is 13.8. The monoisotopic (exact) mass is 432 g/mol. The summed E-state index contributed by atoms with van der Waals surface area (Å²) in [6.07, 6.45) is 0.721. The molecule has 1 aromatic rings. The highest BCUT2D eigenvalue weighted by Crippen LogP contribution is 2.30. The van der Waals surface area contributed by atoms with Crippen molar-refractivity contribution in [2.24, 2.45) is 0 Å². The molecule has 0 N–H and O–H groups in total. The molecule has 2 amide bonds. The van der Waals surface area contributed by atoms with Gasteiger partial charge in [-0.25, -0.2) is 13.6 Å². The van der Waals surface area contributed by atoms with Gasteiger partial charge in [-0.2, -0.15) is 0 Å². The van der Waals surface area contributed by atoms with Crippen molar-refractivity contribution in [1.29, 1.82) is 0 Å². The van der Waals surface area contributed by atoms with Crippen molar-refractivity contribution in [3.05, 3.63) is 35.4 Å². The van der Waals surface area contributed by atoms with Gasteiger partial charge in [-0.05, 0) is 37.4 Å². The van der Waals surface area contributed by atoms with E-state index >= 15 is 0 Å². The van der Waals surface area contributed by atoms with E-state index in [1.165, 1.54) is 11.0 Å². The first kappa shape index (κ1) is 22.6. The Morgan fingerprint density at radius 2 is 2.00 bits per heavy atom. The lowest BCUT2D eigenvalue weighted by Gasteiger charge is -2.46. The van der Waals surface area contributed by atoms with Crippen molar-refractivity contribution in [2.45, 2.75) is 57.7 Å². The Bertz CT molecular complexity index is 730. The van der Waals surface area contributed by atoms with Gasteiger partial charge in [0.05, 0.1) is 21.2 Å². The van der Waals surface area contributed by atoms with Gasteiger partial charge in [0.25, 0.3) is 0 Å². The van der Waals surface area contributed by atoms with E-state index in [2.05, 4.69) is 19.6 Å². The Morgan fingerprint density at radius 1 is 1.32 bits per heavy atom. The van der Waals surface area contributed by atoms with Gasteiger partial charge in [-0.3, -0.25) is 4.79 Å². The second-order valence-electron chi connectivity index (χ2n) is 8.07. The first-order valence-electron chi connectivity index (χ1n) is 9.38. The van der Waals surface area contributed by atoms with Gasteiger partial charge >= 0.3 is 11.5 Å². The molecule has 5 nitrogen and oxygen atoms in total. The average molecular weight is 433 g/mol. The molecule has 9 heteroatoms. The summed E-state index contributed by atoms with van der Waals surface area (Å²) in [6.45, 7) is 8.91. The zero-order valence-corrected chi connectivity index (χ0v) is 18.4. The summed E-state index contributed by atoms with van der Waals surface area (Å²) in [5, 5.41) is -0.687. The van der Waals surface area contributed by atoms with Gasteiger partial charge in [-0.1, -0.05) is 25.7 Å². The Kier molecular flexibility index (Phi) is 7.44. The van der Waals surface area contributed by atoms with Crippen LogP contribution in [0.4, 0.5) is 18.4 Å². The highest BCUT2D eigenvalue weighted by atomic mass is 35.5. The molecule has 2 atom stereocenters. The molecule has 2 rings (SSSR count). The van der Waals surface area contributed by atoms with Crippen molar-refractivity contribution in [3.63, 3.8) is 0 Å². The molecule has 1 saturated heterocycles. The maximum atomic E-state index is 14.1. The molecule has 1 aromatic carbocycles. The third kappa shape index (κ3) is 5.44. The summed E-state index contributed by atoms with van der Waals surface area (Å²) in [5.74, 6) is -1.39. The van der Waals surface area contributed by atoms with E-state index in [1.807, 2.05) is 0 Å². The lowest BCUT2D eigenvalue weighted by molar-refractivity contribution is 0.0712. The van der Waals surface area contributed by atoms with Gasteiger partial charge < -0.3 is 14.5 Å². The van der Waals surface area contributed by atoms with Gasteiger partial charge in [0.15, 0.2) is 0 Å². The first-order valence-corrected chi connectivity index (χ1v) is 13.3. The van der Waals surface area contributed by atoms with Crippen LogP contribution in [0.25, 0.3) is 0 Å². The third-order valence-electron chi connectivity index (χ3n) is 5.10. The zero-order chi connectivity index (χ0) is 21.1. The van der Waals surface area contributed by atoms with Crippen LogP contribution in [0.5, 0.6) is 0 Å². The van der Waals surface area contributed by atoms with Crippen LogP contribution < -0.4 is 0 Å². The summed E-state index contributed by atoms with van der Waals surface area (Å²) in [5.41, 5.74) is 0.162. The Morgan fingerprint density at radius 3 is 2.54 bits per heavy atom. The predicted octanol–water partition coefficient (Wildman–Crippen LogP) is 4.99. The number of hydrogen-bond acceptors (Lipinski definition) is 3. The van der Waals surface area contributed by atoms with E-state index in [4.69, 9.17) is 16.3 Å². The summed E-state index contributed by atoms with van der Waals surface area (Å²) < 4.78 is 32.4. The molecule has 28 heavy (non-hydrogen) atoms. The van der Waals surface area contributed by atoms with E-state index in [9.17, 15) is 18.4 Å². The molecule has 0 spiro atoms. The van der Waals surface area contributed by atoms with Crippen LogP contribution >= 0.6 is 11.6 Å². The van der Waals surface area contributed by atoms with E-state index in [0.717, 1.165) is 12.1 Å². The van der Waals surface area contributed by atoms with Crippen LogP contribution in [-0.4, -0.2) is 54.2 Å². The fourth-order valence-electron chi connectivity index (χ4n) is 3.64. The zero-order valence-electron chi connectivity index (χ0n) is 16.7. The van der Waals surface area contributed by atoms with Gasteiger partial charge in [0, 0.05) is 29.9 Å². The van der Waals surface area contributed by atoms with E-state index in [0.29, 0.717) is 26.0 Å². The maximum absolute atomic E-state index is 14.1. The summed E-state index contributed by atoms with van der Waals surface area (Å²) >= 11 is 5.82. The largest absolute Gasteiger partial charge is 0.450 e. The molecule has 156 valence electrons. The maximum Gasteiger partial charge on any atom is 0.409 e. The van der Waals surface area contributed by atoms with Crippen molar-refractivity contribution in [2.75, 3.05) is 13.2 Å². The summed E-state index contributed by atoms with van der Waals surface area (Å²) in [4.78, 5) is 27.6. The minimum absolute atomic E-state index is 0.0399. The molecule has 0 saturated carbocycles. The van der Waals surface area contributed by atoms with Crippen molar-refractivity contribution >= 4 is 31.1 Å². The number of benzene rings is 1. The molecule has 2 unspecified atom stereocenters. The average Bonchev–Trinajstić information content (AvgIpc) is 2.59. The number of carbonyl (C=O) groups is 2. The second kappa shape index (κ2) is 9.22. The van der Waals surface area contributed by atoms with E-state index in [-0.39, 0.29) is 29.9 Å². The highest BCUT2D eigenvalue weighted by molar-refractivity contribution is 6.77. The molecule has 1 heterocycles. The van der Waals surface area contributed by atoms with Crippen LogP contribution in [0.3, 0.4) is 0 Å². The third-order valence-corrected chi connectivity index (χ3v) is 7.86. The molecule has 1 fully saturated rings. The molecule has 0 radical (unpaired) electrons. The molecule has 0 aromatic heterocycles. The Hall–Kier alpha value is -1.67. The number of rotatable bonds is 5. The lowest BCUT2D eigenvalue weighted by atomic mass is 10.0. The minimum atomic E-state index is -1.82. The number of halogens is 3. The lowest BCUT2D eigenvalue weighted by Crippen LogP contribution is -2.60. The molecular formula is C19H27ClF2N2O3Si. The van der Waals surface area contributed by atoms with Crippen molar-refractivity contribution < 1.29 is 23.1 Å². The smallest absolute Gasteiger partial charge is 0.409 e. The fraction of sp³-hybridized carbons (Fsp3) is 0.579. The van der Waals surface area contributed by atoms with Crippen LogP contribution in [0.15, 0.2) is 18.2 Å². The Labute approximate surface area is 170 Å². The number of carbonyl (C=O) groups excluding carboxylic acids is 2. The number of likely N-dealkylation sites (tertiary alicyclic amines) is 1. The van der Waals surface area contributed by atoms with Gasteiger partial charge in [0.1, 0.15) is 11.6 Å². The standard InChI is InChI=1S/C19H27ClF2N2O3Si/c1-5-27-19(26)23-9-8-15(11-17(23)28(2,3)4)24(18(20)25)12-13-6-7-14(21)10-16(13)22/h6-7,10,15,17H,5,8-9,11-12H2,1-4H3. The quantitative estimate of drug-likeness (QED) is 0.374. The summed E-state index contributed by atoms with van der Waals surface area (Å²) in [6, 6.07) is 3.03. The highest BCUT2D eigenvalue weighted by Gasteiger charge is 2.42. The van der Waals surface area contributed by atoms with E-state index in [1.54, 1.807) is 11.8 Å². The SMILES string of the molecule is CCOC(=O)N1CCC(N(Cc2ccc(F)cc2F)C(=O)Cl)CC1[Si](C)(C)C. The van der Waals surface area contributed by atoms with Crippen LogP contribution in [0, 0.1) is 11.6 Å². The molecule has 1 aliphatic heterocycles. The summed E-state index contributed by atoms with van der Waals surface area (Å²) in [7, 11) is -1.82. The Balaban J connectivity index is 2.23. The fourth-order valence-corrected chi connectivity index (χ4v) is 5.99. The number of piperidine rings is 1. The van der Waals surface area contributed by atoms with E-state index < -0.39 is 25.1 Å². The molecule has 0 aliphatic carbocycles. The predicted molar refractivity (Wildman–Crippen MR) is 107 cm³/mol. The van der Waals surface area contributed by atoms with Gasteiger partial charge in [0.2, 0.25) is 0 Å². The van der Waals surface area contributed by atoms with Gasteiger partial charge in [-0.15, -0.1) is 0 Å². The first-order chi connectivity index (χ1) is 13.0. The van der Waals surface area contributed by atoms with Crippen LogP contribution in [0.1, 0.15) is 25.3 Å². The molecule has 0 bridgehead atoms. The van der Waals surface area contributed by atoms with Crippen molar-refractivity contribution in [1.82, 2.24) is 9.80 Å². The number of amides is 2. The number of ether oxygens (including phenoxy) is 1. The van der Waals surface area contributed by atoms with Crippen molar-refractivity contribution in [3.8, 4) is 0 Å². The normalized spacial score (nSPS) is 20.0. The molecule has 1 aliphatic rings. The van der Waals surface area contributed by atoms with Crippen LogP contribution in [0.2, 0.25) is 19.6 Å². The molecular weight excluding hydrogens is 406 g/mol. The van der Waals surface area contributed by atoms with Crippen LogP contribution in [-0.2, 0) is 11.3 Å². The number of hydrogen-bond donors (Lipinski definition) is 0. The topological polar surface area (TPSA) is 49.9 Å². The number of nitrogens with zero attached hydrogens (tertiary/aromatic N) is 2. The minimum Gasteiger partial charge on any atom is -0.450 e.